The Kier molecular flexibility index (Phi) is 5.18. The molecule has 3 nitrogen and oxygen atoms in total. The number of piperidine rings is 1. The zero-order chi connectivity index (χ0) is 14.4. The van der Waals surface area contributed by atoms with Gasteiger partial charge in [0.2, 0.25) is 5.91 Å². The standard InChI is InChI=1S/C17H26N2O/c1-3-9-17(10-12-18-13-11-17)16(20)19-15-8-6-5-7-14(15)4-2/h5-8,18H,3-4,9-13H2,1-2H3,(H,19,20). The Morgan fingerprint density at radius 3 is 2.60 bits per heavy atom. The molecule has 110 valence electrons. The molecular formula is C17H26N2O. The van der Waals surface area contributed by atoms with Crippen molar-refractivity contribution < 1.29 is 4.79 Å². The SMILES string of the molecule is CCCC1(C(=O)Nc2ccccc2CC)CCNCC1. The van der Waals surface area contributed by atoms with E-state index in [9.17, 15) is 4.79 Å². The van der Waals surface area contributed by atoms with E-state index in [1.807, 2.05) is 18.2 Å². The van der Waals surface area contributed by atoms with Gasteiger partial charge in [0.25, 0.3) is 0 Å². The van der Waals surface area contributed by atoms with Crippen molar-refractivity contribution in [2.75, 3.05) is 18.4 Å². The number of carbonyl (C=O) groups is 1. The van der Waals surface area contributed by atoms with Crippen LogP contribution in [-0.2, 0) is 11.2 Å². The summed E-state index contributed by atoms with van der Waals surface area (Å²) in [6, 6.07) is 8.12. The van der Waals surface area contributed by atoms with Crippen molar-refractivity contribution in [1.82, 2.24) is 5.32 Å². The van der Waals surface area contributed by atoms with E-state index in [-0.39, 0.29) is 11.3 Å². The van der Waals surface area contributed by atoms with Crippen molar-refractivity contribution in [3.8, 4) is 0 Å². The maximum absolute atomic E-state index is 12.8. The molecule has 1 aliphatic rings. The van der Waals surface area contributed by atoms with Gasteiger partial charge < -0.3 is 10.6 Å². The van der Waals surface area contributed by atoms with Crippen LogP contribution in [0, 0.1) is 5.41 Å². The molecule has 0 radical (unpaired) electrons. The summed E-state index contributed by atoms with van der Waals surface area (Å²) >= 11 is 0. The highest BCUT2D eigenvalue weighted by atomic mass is 16.2. The van der Waals surface area contributed by atoms with E-state index >= 15 is 0 Å². The molecule has 0 aliphatic carbocycles. The molecule has 1 amide bonds. The van der Waals surface area contributed by atoms with Gasteiger partial charge in [-0.25, -0.2) is 0 Å². The van der Waals surface area contributed by atoms with E-state index in [1.165, 1.54) is 5.56 Å². The first-order valence-electron chi connectivity index (χ1n) is 7.82. The molecule has 1 fully saturated rings. The van der Waals surface area contributed by atoms with Crippen LogP contribution in [-0.4, -0.2) is 19.0 Å². The molecule has 1 aromatic rings. The van der Waals surface area contributed by atoms with Crippen molar-refractivity contribution in [1.29, 1.82) is 0 Å². The molecule has 1 saturated heterocycles. The van der Waals surface area contributed by atoms with Crippen LogP contribution in [0.25, 0.3) is 0 Å². The van der Waals surface area contributed by atoms with E-state index in [0.717, 1.165) is 50.9 Å². The quantitative estimate of drug-likeness (QED) is 0.864. The highest BCUT2D eigenvalue weighted by Crippen LogP contribution is 2.35. The Morgan fingerprint density at radius 1 is 1.25 bits per heavy atom. The number of para-hydroxylation sites is 1. The molecule has 1 heterocycles. The average molecular weight is 274 g/mol. The molecule has 0 aromatic heterocycles. The van der Waals surface area contributed by atoms with Crippen molar-refractivity contribution >= 4 is 11.6 Å². The smallest absolute Gasteiger partial charge is 0.230 e. The normalized spacial score (nSPS) is 17.7. The summed E-state index contributed by atoms with van der Waals surface area (Å²) in [5.41, 5.74) is 2.01. The van der Waals surface area contributed by atoms with Gasteiger partial charge in [-0.15, -0.1) is 0 Å². The van der Waals surface area contributed by atoms with Crippen molar-refractivity contribution in [2.24, 2.45) is 5.41 Å². The summed E-state index contributed by atoms with van der Waals surface area (Å²) in [7, 11) is 0. The predicted octanol–water partition coefficient (Wildman–Crippen LogP) is 3.36. The maximum Gasteiger partial charge on any atom is 0.230 e. The Balaban J connectivity index is 2.16. The van der Waals surface area contributed by atoms with Crippen LogP contribution in [0.5, 0.6) is 0 Å². The second-order valence-corrected chi connectivity index (χ2v) is 5.75. The molecule has 2 rings (SSSR count). The number of aryl methyl sites for hydroxylation is 1. The van der Waals surface area contributed by atoms with Crippen LogP contribution in [0.4, 0.5) is 5.69 Å². The van der Waals surface area contributed by atoms with E-state index in [2.05, 4.69) is 30.5 Å². The molecule has 0 atom stereocenters. The van der Waals surface area contributed by atoms with Gasteiger partial charge in [0.05, 0.1) is 5.41 Å². The van der Waals surface area contributed by atoms with Crippen LogP contribution in [0.3, 0.4) is 0 Å². The first-order chi connectivity index (χ1) is 9.72. The summed E-state index contributed by atoms with van der Waals surface area (Å²) in [5, 5.41) is 6.55. The summed E-state index contributed by atoms with van der Waals surface area (Å²) in [5.74, 6) is 0.210. The van der Waals surface area contributed by atoms with Crippen LogP contribution < -0.4 is 10.6 Å². The Labute approximate surface area is 122 Å². The number of anilines is 1. The van der Waals surface area contributed by atoms with Crippen LogP contribution in [0.2, 0.25) is 0 Å². The Hall–Kier alpha value is -1.35. The molecule has 20 heavy (non-hydrogen) atoms. The lowest BCUT2D eigenvalue weighted by Crippen LogP contribution is -2.45. The van der Waals surface area contributed by atoms with Gasteiger partial charge in [0.1, 0.15) is 0 Å². The minimum atomic E-state index is -0.180. The van der Waals surface area contributed by atoms with Gasteiger partial charge in [0, 0.05) is 5.69 Å². The molecule has 0 bridgehead atoms. The number of nitrogens with one attached hydrogen (secondary N) is 2. The molecule has 2 N–H and O–H groups in total. The van der Waals surface area contributed by atoms with E-state index in [1.54, 1.807) is 0 Å². The molecule has 1 aromatic carbocycles. The van der Waals surface area contributed by atoms with E-state index < -0.39 is 0 Å². The molecule has 3 heteroatoms. The minimum absolute atomic E-state index is 0.180. The summed E-state index contributed by atoms with van der Waals surface area (Å²) in [4.78, 5) is 12.8. The number of amides is 1. The lowest BCUT2D eigenvalue weighted by molar-refractivity contribution is -0.127. The maximum atomic E-state index is 12.8. The fraction of sp³-hybridized carbons (Fsp3) is 0.588. The summed E-state index contributed by atoms with van der Waals surface area (Å²) in [6.07, 6.45) is 4.87. The number of hydrogen-bond donors (Lipinski definition) is 2. The molecule has 0 saturated carbocycles. The number of rotatable bonds is 5. The fourth-order valence-electron chi connectivity index (χ4n) is 3.18. The zero-order valence-corrected chi connectivity index (χ0v) is 12.7. The minimum Gasteiger partial charge on any atom is -0.325 e. The third-order valence-electron chi connectivity index (χ3n) is 4.42. The molecular weight excluding hydrogens is 248 g/mol. The largest absolute Gasteiger partial charge is 0.325 e. The third kappa shape index (κ3) is 3.21. The Morgan fingerprint density at radius 2 is 1.95 bits per heavy atom. The van der Waals surface area contributed by atoms with Crippen molar-refractivity contribution in [2.45, 2.75) is 46.0 Å². The van der Waals surface area contributed by atoms with Gasteiger partial charge in [0.15, 0.2) is 0 Å². The van der Waals surface area contributed by atoms with E-state index in [4.69, 9.17) is 0 Å². The number of carbonyl (C=O) groups excluding carboxylic acids is 1. The first-order valence-corrected chi connectivity index (χ1v) is 7.82. The van der Waals surface area contributed by atoms with Crippen LogP contribution >= 0.6 is 0 Å². The lowest BCUT2D eigenvalue weighted by atomic mass is 9.74. The zero-order valence-electron chi connectivity index (χ0n) is 12.7. The Bertz CT molecular complexity index is 445. The van der Waals surface area contributed by atoms with Gasteiger partial charge >= 0.3 is 0 Å². The van der Waals surface area contributed by atoms with Crippen molar-refractivity contribution in [3.63, 3.8) is 0 Å². The average Bonchev–Trinajstić information content (AvgIpc) is 2.49. The van der Waals surface area contributed by atoms with Crippen molar-refractivity contribution in [3.05, 3.63) is 29.8 Å². The van der Waals surface area contributed by atoms with Gasteiger partial charge in [-0.3, -0.25) is 4.79 Å². The number of hydrogen-bond acceptors (Lipinski definition) is 2. The fourth-order valence-corrected chi connectivity index (χ4v) is 3.18. The van der Waals surface area contributed by atoms with E-state index in [0.29, 0.717) is 0 Å². The van der Waals surface area contributed by atoms with Gasteiger partial charge in [-0.1, -0.05) is 38.5 Å². The summed E-state index contributed by atoms with van der Waals surface area (Å²) in [6.45, 7) is 6.18. The molecule has 1 aliphatic heterocycles. The predicted molar refractivity (Wildman–Crippen MR) is 83.9 cm³/mol. The second-order valence-electron chi connectivity index (χ2n) is 5.75. The third-order valence-corrected chi connectivity index (χ3v) is 4.42. The molecule has 0 unspecified atom stereocenters. The highest BCUT2D eigenvalue weighted by molar-refractivity contribution is 5.96. The summed E-state index contributed by atoms with van der Waals surface area (Å²) < 4.78 is 0. The highest BCUT2D eigenvalue weighted by Gasteiger charge is 2.38. The lowest BCUT2D eigenvalue weighted by Gasteiger charge is -2.36. The topological polar surface area (TPSA) is 41.1 Å². The monoisotopic (exact) mass is 274 g/mol. The second kappa shape index (κ2) is 6.89. The number of benzene rings is 1. The first kappa shape index (κ1) is 15.0. The van der Waals surface area contributed by atoms with Gasteiger partial charge in [-0.2, -0.15) is 0 Å². The van der Waals surface area contributed by atoms with Crippen LogP contribution in [0.15, 0.2) is 24.3 Å². The van der Waals surface area contributed by atoms with Crippen LogP contribution in [0.1, 0.15) is 45.1 Å². The van der Waals surface area contributed by atoms with Gasteiger partial charge in [-0.05, 0) is 50.4 Å². The molecule has 0 spiro atoms.